The molecular weight excluding hydrogens is 458 g/mol. The van der Waals surface area contributed by atoms with E-state index in [1.165, 1.54) is 0 Å². The van der Waals surface area contributed by atoms with Gasteiger partial charge in [0, 0.05) is 37.1 Å². The van der Waals surface area contributed by atoms with Crippen molar-refractivity contribution in [2.75, 3.05) is 32.7 Å². The van der Waals surface area contributed by atoms with Crippen molar-refractivity contribution in [3.05, 3.63) is 65.4 Å². The maximum Gasteiger partial charge on any atom is 0.408 e. The van der Waals surface area contributed by atoms with Gasteiger partial charge in [-0.05, 0) is 50.6 Å². The number of hydrogen-bond acceptors (Lipinski definition) is 5. The Morgan fingerprint density at radius 3 is 2.33 bits per heavy atom. The average molecular weight is 490 g/mol. The SMILES string of the molecule is CC(C)(C)OC(=O)NCC(=O)N1CCN(C(=O)c2ccc(C=Cc3n[nH]c4ccccc34)cc2)CC1. The number of amides is 3. The van der Waals surface area contributed by atoms with Crippen molar-refractivity contribution in [3.8, 4) is 0 Å². The maximum absolute atomic E-state index is 12.9. The molecule has 188 valence electrons. The molecule has 1 aromatic heterocycles. The van der Waals surface area contributed by atoms with Gasteiger partial charge < -0.3 is 19.9 Å². The highest BCUT2D eigenvalue weighted by molar-refractivity contribution is 5.95. The van der Waals surface area contributed by atoms with E-state index in [2.05, 4.69) is 15.5 Å². The van der Waals surface area contributed by atoms with Crippen molar-refractivity contribution >= 4 is 41.0 Å². The summed E-state index contributed by atoms with van der Waals surface area (Å²) in [6.07, 6.45) is 3.29. The van der Waals surface area contributed by atoms with Crippen LogP contribution in [0.25, 0.3) is 23.1 Å². The zero-order valence-corrected chi connectivity index (χ0v) is 20.8. The van der Waals surface area contributed by atoms with E-state index in [1.807, 2.05) is 60.7 Å². The van der Waals surface area contributed by atoms with E-state index in [0.717, 1.165) is 22.2 Å². The number of aromatic amines is 1. The van der Waals surface area contributed by atoms with Crippen LogP contribution in [0.3, 0.4) is 0 Å². The molecule has 0 spiro atoms. The minimum atomic E-state index is -0.624. The van der Waals surface area contributed by atoms with Crippen LogP contribution in [0.2, 0.25) is 0 Å². The molecule has 1 fully saturated rings. The molecule has 2 aromatic carbocycles. The Bertz CT molecular complexity index is 1270. The number of carbonyl (C=O) groups is 3. The van der Waals surface area contributed by atoms with E-state index in [1.54, 1.807) is 30.6 Å². The van der Waals surface area contributed by atoms with Crippen LogP contribution in [0.1, 0.15) is 42.4 Å². The number of nitrogens with zero attached hydrogens (tertiary/aromatic N) is 3. The molecule has 0 bridgehead atoms. The molecule has 0 aliphatic carbocycles. The summed E-state index contributed by atoms with van der Waals surface area (Å²) in [6.45, 7) is 6.85. The summed E-state index contributed by atoms with van der Waals surface area (Å²) in [7, 11) is 0. The van der Waals surface area contributed by atoms with Crippen LogP contribution in [-0.2, 0) is 9.53 Å². The standard InChI is InChI=1S/C27H31N5O4/c1-27(2,3)36-26(35)28-18-24(33)31-14-16-32(17-15-31)25(34)20-11-8-19(9-12-20)10-13-23-21-6-4-5-7-22(21)29-30-23/h4-13H,14-18H2,1-3H3,(H,28,35)(H,29,30). The monoisotopic (exact) mass is 489 g/mol. The Morgan fingerprint density at radius 2 is 1.64 bits per heavy atom. The Labute approximate surface area is 210 Å². The predicted molar refractivity (Wildman–Crippen MR) is 138 cm³/mol. The second-order valence-electron chi connectivity index (χ2n) is 9.64. The zero-order chi connectivity index (χ0) is 25.7. The van der Waals surface area contributed by atoms with Gasteiger partial charge in [-0.25, -0.2) is 4.79 Å². The lowest BCUT2D eigenvalue weighted by molar-refractivity contribution is -0.131. The summed E-state index contributed by atoms with van der Waals surface area (Å²) in [5.74, 6) is -0.267. The largest absolute Gasteiger partial charge is 0.444 e. The molecule has 0 radical (unpaired) electrons. The Kier molecular flexibility index (Phi) is 7.38. The number of alkyl carbamates (subject to hydrolysis) is 1. The number of nitrogens with one attached hydrogen (secondary N) is 2. The van der Waals surface area contributed by atoms with Gasteiger partial charge in [-0.15, -0.1) is 0 Å². The molecule has 3 amide bonds. The minimum Gasteiger partial charge on any atom is -0.444 e. The van der Waals surface area contributed by atoms with E-state index in [4.69, 9.17) is 4.74 Å². The number of benzene rings is 2. The number of fused-ring (bicyclic) bond motifs is 1. The zero-order valence-electron chi connectivity index (χ0n) is 20.8. The first kappa shape index (κ1) is 25.0. The van der Waals surface area contributed by atoms with Crippen LogP contribution in [-0.4, -0.2) is 76.2 Å². The van der Waals surface area contributed by atoms with Gasteiger partial charge in [0.1, 0.15) is 12.1 Å². The molecule has 4 rings (SSSR count). The maximum atomic E-state index is 12.9. The number of piperazine rings is 1. The van der Waals surface area contributed by atoms with E-state index >= 15 is 0 Å². The average Bonchev–Trinajstić information content (AvgIpc) is 3.28. The molecule has 36 heavy (non-hydrogen) atoms. The molecule has 9 nitrogen and oxygen atoms in total. The lowest BCUT2D eigenvalue weighted by atomic mass is 10.1. The smallest absolute Gasteiger partial charge is 0.408 e. The molecule has 9 heteroatoms. The van der Waals surface area contributed by atoms with Gasteiger partial charge in [0.05, 0.1) is 11.2 Å². The highest BCUT2D eigenvalue weighted by atomic mass is 16.6. The molecule has 2 N–H and O–H groups in total. The van der Waals surface area contributed by atoms with Gasteiger partial charge in [-0.3, -0.25) is 14.7 Å². The first-order chi connectivity index (χ1) is 17.2. The van der Waals surface area contributed by atoms with Crippen LogP contribution in [0.4, 0.5) is 4.79 Å². The molecular formula is C27H31N5O4. The first-order valence-electron chi connectivity index (χ1n) is 11.9. The number of carbonyl (C=O) groups excluding carboxylic acids is 3. The van der Waals surface area contributed by atoms with Crippen LogP contribution in [0.5, 0.6) is 0 Å². The minimum absolute atomic E-state index is 0.0668. The second kappa shape index (κ2) is 10.6. The Hall–Kier alpha value is -4.14. The van der Waals surface area contributed by atoms with E-state index in [0.29, 0.717) is 31.7 Å². The number of H-pyrrole nitrogens is 1. The topological polar surface area (TPSA) is 108 Å². The number of rotatable bonds is 5. The molecule has 1 aliphatic rings. The highest BCUT2D eigenvalue weighted by Crippen LogP contribution is 2.18. The lowest BCUT2D eigenvalue weighted by Gasteiger charge is -2.35. The van der Waals surface area contributed by atoms with Crippen molar-refractivity contribution < 1.29 is 19.1 Å². The van der Waals surface area contributed by atoms with Gasteiger partial charge in [-0.1, -0.05) is 36.4 Å². The quantitative estimate of drug-likeness (QED) is 0.570. The summed E-state index contributed by atoms with van der Waals surface area (Å²) < 4.78 is 5.15. The predicted octanol–water partition coefficient (Wildman–Crippen LogP) is 3.54. The molecule has 2 heterocycles. The second-order valence-corrected chi connectivity index (χ2v) is 9.64. The number of para-hydroxylation sites is 1. The number of ether oxygens (including phenoxy) is 1. The van der Waals surface area contributed by atoms with Crippen LogP contribution in [0, 0.1) is 0 Å². The van der Waals surface area contributed by atoms with Crippen molar-refractivity contribution in [2.24, 2.45) is 0 Å². The first-order valence-corrected chi connectivity index (χ1v) is 11.9. The molecule has 0 atom stereocenters. The van der Waals surface area contributed by atoms with E-state index in [9.17, 15) is 14.4 Å². The third-order valence-electron chi connectivity index (χ3n) is 5.79. The third-order valence-corrected chi connectivity index (χ3v) is 5.79. The molecule has 1 aliphatic heterocycles. The summed E-state index contributed by atoms with van der Waals surface area (Å²) in [4.78, 5) is 40.5. The van der Waals surface area contributed by atoms with Gasteiger partial charge in [0.25, 0.3) is 5.91 Å². The fourth-order valence-electron chi connectivity index (χ4n) is 3.94. The van der Waals surface area contributed by atoms with E-state index < -0.39 is 11.7 Å². The van der Waals surface area contributed by atoms with Gasteiger partial charge in [0.2, 0.25) is 5.91 Å². The van der Waals surface area contributed by atoms with Crippen LogP contribution >= 0.6 is 0 Å². The fourth-order valence-corrected chi connectivity index (χ4v) is 3.94. The summed E-state index contributed by atoms with van der Waals surface area (Å²) in [6, 6.07) is 15.4. The van der Waals surface area contributed by atoms with Crippen molar-refractivity contribution in [1.82, 2.24) is 25.3 Å². The summed E-state index contributed by atoms with van der Waals surface area (Å²) in [5, 5.41) is 10.9. The van der Waals surface area contributed by atoms with Crippen molar-refractivity contribution in [2.45, 2.75) is 26.4 Å². The fraction of sp³-hybridized carbons (Fsp3) is 0.333. The van der Waals surface area contributed by atoms with Gasteiger partial charge >= 0.3 is 6.09 Å². The van der Waals surface area contributed by atoms with Crippen LogP contribution < -0.4 is 5.32 Å². The van der Waals surface area contributed by atoms with Gasteiger partial charge in [0.15, 0.2) is 0 Å². The summed E-state index contributed by atoms with van der Waals surface area (Å²) >= 11 is 0. The molecule has 0 unspecified atom stereocenters. The van der Waals surface area contributed by atoms with Crippen molar-refractivity contribution in [3.63, 3.8) is 0 Å². The van der Waals surface area contributed by atoms with Crippen molar-refractivity contribution in [1.29, 1.82) is 0 Å². The van der Waals surface area contributed by atoms with E-state index in [-0.39, 0.29) is 18.4 Å². The van der Waals surface area contributed by atoms with Gasteiger partial charge in [-0.2, -0.15) is 5.10 Å². The highest BCUT2D eigenvalue weighted by Gasteiger charge is 2.25. The molecule has 3 aromatic rings. The Morgan fingerprint density at radius 1 is 0.972 bits per heavy atom. The number of aromatic nitrogens is 2. The number of hydrogen-bond donors (Lipinski definition) is 2. The normalized spacial score (nSPS) is 14.3. The molecule has 0 saturated carbocycles. The lowest BCUT2D eigenvalue weighted by Crippen LogP contribution is -2.52. The molecule has 1 saturated heterocycles. The summed E-state index contributed by atoms with van der Waals surface area (Å²) in [5.41, 5.74) is 2.79. The Balaban J connectivity index is 1.27. The third kappa shape index (κ3) is 6.29. The van der Waals surface area contributed by atoms with Crippen LogP contribution in [0.15, 0.2) is 48.5 Å².